The Balaban J connectivity index is 1.19. The van der Waals surface area contributed by atoms with Crippen LogP contribution >= 0.6 is 0 Å². The number of benzene rings is 1. The predicted octanol–water partition coefficient (Wildman–Crippen LogP) is 2.03. The first kappa shape index (κ1) is 22.5. The summed E-state index contributed by atoms with van der Waals surface area (Å²) >= 11 is 0. The third-order valence-electron chi connectivity index (χ3n) is 6.85. The SMILES string of the molecule is C[C@H]1C[C@@H](NC(=O)c2cc(C3CC3)on2)CCN1S(=O)(=O)N1CCN[C@H](c2ccccc2)C1. The van der Waals surface area contributed by atoms with E-state index in [4.69, 9.17) is 4.52 Å². The fourth-order valence-corrected chi connectivity index (χ4v) is 6.66. The van der Waals surface area contributed by atoms with E-state index in [0.717, 1.165) is 24.2 Å². The maximum Gasteiger partial charge on any atom is 0.282 e. The molecule has 2 aromatic rings. The number of aromatic nitrogens is 1. The first-order valence-electron chi connectivity index (χ1n) is 11.7. The van der Waals surface area contributed by atoms with Gasteiger partial charge >= 0.3 is 0 Å². The third kappa shape index (κ3) is 4.84. The average molecular weight is 474 g/mol. The number of nitrogens with zero attached hydrogens (tertiary/aromatic N) is 3. The standard InChI is InChI=1S/C23H31N5O4S/c1-16-13-19(25-23(29)20-14-22(32-26-20)18-7-8-18)9-11-28(16)33(30,31)27-12-10-24-21(15-27)17-5-3-2-4-6-17/h2-6,14,16,18-19,21,24H,7-13,15H2,1H3,(H,25,29)/t16-,19-,21-/m0/s1. The fourth-order valence-electron chi connectivity index (χ4n) is 4.83. The first-order chi connectivity index (χ1) is 15.9. The van der Waals surface area contributed by atoms with Gasteiger partial charge in [0.2, 0.25) is 0 Å². The highest BCUT2D eigenvalue weighted by Gasteiger charge is 2.39. The number of piperidine rings is 1. The van der Waals surface area contributed by atoms with Crippen molar-refractivity contribution in [3.05, 3.63) is 53.4 Å². The number of amides is 1. The zero-order valence-electron chi connectivity index (χ0n) is 18.8. The van der Waals surface area contributed by atoms with E-state index in [1.54, 1.807) is 14.7 Å². The van der Waals surface area contributed by atoms with Crippen molar-refractivity contribution in [3.63, 3.8) is 0 Å². The summed E-state index contributed by atoms with van der Waals surface area (Å²) in [7, 11) is -3.59. The smallest absolute Gasteiger partial charge is 0.282 e. The number of nitrogens with one attached hydrogen (secondary N) is 2. The zero-order chi connectivity index (χ0) is 23.0. The Morgan fingerprint density at radius 2 is 1.97 bits per heavy atom. The lowest BCUT2D eigenvalue weighted by molar-refractivity contribution is 0.0903. The van der Waals surface area contributed by atoms with Crippen LogP contribution in [-0.4, -0.2) is 66.4 Å². The second-order valence-corrected chi connectivity index (χ2v) is 11.2. The van der Waals surface area contributed by atoms with Crippen molar-refractivity contribution in [1.29, 1.82) is 0 Å². The molecule has 178 valence electrons. The van der Waals surface area contributed by atoms with Crippen LogP contribution < -0.4 is 10.6 Å². The van der Waals surface area contributed by atoms with Gasteiger partial charge in [-0.25, -0.2) is 0 Å². The number of hydrogen-bond acceptors (Lipinski definition) is 6. The molecule has 1 amide bonds. The summed E-state index contributed by atoms with van der Waals surface area (Å²) in [5, 5.41) is 10.3. The third-order valence-corrected chi connectivity index (χ3v) is 8.97. The number of carbonyl (C=O) groups excluding carboxylic acids is 1. The molecule has 2 N–H and O–H groups in total. The Hall–Kier alpha value is -2.27. The Bertz CT molecular complexity index is 1090. The lowest BCUT2D eigenvalue weighted by atomic mass is 10.0. The van der Waals surface area contributed by atoms with Crippen LogP contribution in [0, 0.1) is 0 Å². The molecule has 0 radical (unpaired) electrons. The normalized spacial score (nSPS) is 27.4. The summed E-state index contributed by atoms with van der Waals surface area (Å²) < 4.78 is 35.4. The van der Waals surface area contributed by atoms with E-state index in [0.29, 0.717) is 50.6 Å². The lowest BCUT2D eigenvalue weighted by Gasteiger charge is -2.41. The molecule has 0 bridgehead atoms. The van der Waals surface area contributed by atoms with Crippen LogP contribution in [0.5, 0.6) is 0 Å². The number of hydrogen-bond donors (Lipinski definition) is 2. The Morgan fingerprint density at radius 1 is 1.18 bits per heavy atom. The average Bonchev–Trinajstić information content (AvgIpc) is 3.55. The molecule has 3 aliphatic rings. The van der Waals surface area contributed by atoms with E-state index < -0.39 is 10.2 Å². The quantitative estimate of drug-likeness (QED) is 0.665. The molecule has 10 heteroatoms. The van der Waals surface area contributed by atoms with Crippen molar-refractivity contribution >= 4 is 16.1 Å². The van der Waals surface area contributed by atoms with Crippen molar-refractivity contribution in [2.75, 3.05) is 26.2 Å². The Labute approximate surface area is 194 Å². The summed E-state index contributed by atoms with van der Waals surface area (Å²) in [4.78, 5) is 12.6. The van der Waals surface area contributed by atoms with Crippen molar-refractivity contribution in [1.82, 2.24) is 24.4 Å². The van der Waals surface area contributed by atoms with Crippen LogP contribution in [0.15, 0.2) is 40.9 Å². The number of piperazine rings is 1. The largest absolute Gasteiger partial charge is 0.360 e. The maximum absolute atomic E-state index is 13.5. The van der Waals surface area contributed by atoms with Crippen molar-refractivity contribution in [2.24, 2.45) is 0 Å². The molecule has 0 spiro atoms. The van der Waals surface area contributed by atoms with Crippen LogP contribution in [0.3, 0.4) is 0 Å². The van der Waals surface area contributed by atoms with E-state index in [-0.39, 0.29) is 24.0 Å². The van der Waals surface area contributed by atoms with Crippen LogP contribution in [-0.2, 0) is 10.2 Å². The summed E-state index contributed by atoms with van der Waals surface area (Å²) in [5.74, 6) is 0.921. The zero-order valence-corrected chi connectivity index (χ0v) is 19.6. The van der Waals surface area contributed by atoms with E-state index in [1.165, 1.54) is 0 Å². The number of rotatable bonds is 6. The van der Waals surface area contributed by atoms with Gasteiger partial charge < -0.3 is 15.2 Å². The Kier molecular flexibility index (Phi) is 6.26. The fraction of sp³-hybridized carbons (Fsp3) is 0.565. The molecule has 0 unspecified atom stereocenters. The molecular formula is C23H31N5O4S. The highest BCUT2D eigenvalue weighted by Crippen LogP contribution is 2.40. The van der Waals surface area contributed by atoms with Crippen LogP contribution in [0.25, 0.3) is 0 Å². The minimum Gasteiger partial charge on any atom is -0.360 e. The summed E-state index contributed by atoms with van der Waals surface area (Å²) in [5.41, 5.74) is 1.39. The Morgan fingerprint density at radius 3 is 2.70 bits per heavy atom. The minimum atomic E-state index is -3.59. The molecule has 1 aromatic carbocycles. The molecule has 9 nitrogen and oxygen atoms in total. The minimum absolute atomic E-state index is 0.0233. The summed E-state index contributed by atoms with van der Waals surface area (Å²) in [6, 6.07) is 11.3. The van der Waals surface area contributed by atoms with E-state index in [9.17, 15) is 13.2 Å². The highest BCUT2D eigenvalue weighted by atomic mass is 32.2. The van der Waals surface area contributed by atoms with Crippen molar-refractivity contribution in [3.8, 4) is 0 Å². The van der Waals surface area contributed by atoms with E-state index in [1.807, 2.05) is 37.3 Å². The van der Waals surface area contributed by atoms with Gasteiger partial charge in [-0.3, -0.25) is 4.79 Å². The number of carbonyl (C=O) groups is 1. The molecule has 5 rings (SSSR count). The second kappa shape index (κ2) is 9.17. The van der Waals surface area contributed by atoms with E-state index >= 15 is 0 Å². The van der Waals surface area contributed by atoms with Gasteiger partial charge in [0.05, 0.1) is 0 Å². The maximum atomic E-state index is 13.5. The van der Waals surface area contributed by atoms with Gasteiger partial charge in [-0.15, -0.1) is 0 Å². The van der Waals surface area contributed by atoms with Crippen molar-refractivity contribution < 1.29 is 17.7 Å². The van der Waals surface area contributed by atoms with Gasteiger partial charge in [-0.1, -0.05) is 35.5 Å². The molecule has 33 heavy (non-hydrogen) atoms. The van der Waals surface area contributed by atoms with Gasteiger partial charge in [0, 0.05) is 56.3 Å². The van der Waals surface area contributed by atoms with Gasteiger partial charge in [0.1, 0.15) is 5.76 Å². The molecule has 2 saturated heterocycles. The van der Waals surface area contributed by atoms with Gasteiger partial charge in [0.15, 0.2) is 5.69 Å². The molecule has 1 aromatic heterocycles. The lowest BCUT2D eigenvalue weighted by Crippen LogP contribution is -2.57. The summed E-state index contributed by atoms with van der Waals surface area (Å²) in [6.45, 7) is 3.75. The second-order valence-electron chi connectivity index (χ2n) is 9.33. The van der Waals surface area contributed by atoms with Crippen molar-refractivity contribution in [2.45, 2.75) is 56.7 Å². The van der Waals surface area contributed by atoms with E-state index in [2.05, 4.69) is 15.8 Å². The van der Waals surface area contributed by atoms with Crippen LogP contribution in [0.1, 0.15) is 66.4 Å². The van der Waals surface area contributed by atoms with Crippen LogP contribution in [0.2, 0.25) is 0 Å². The highest BCUT2D eigenvalue weighted by molar-refractivity contribution is 7.86. The molecule has 1 saturated carbocycles. The first-order valence-corrected chi connectivity index (χ1v) is 13.1. The molecule has 2 aliphatic heterocycles. The summed E-state index contributed by atoms with van der Waals surface area (Å²) in [6.07, 6.45) is 3.29. The molecular weight excluding hydrogens is 442 g/mol. The van der Waals surface area contributed by atoms with Crippen LogP contribution in [0.4, 0.5) is 0 Å². The van der Waals surface area contributed by atoms with Gasteiger partial charge in [-0.2, -0.15) is 17.0 Å². The monoisotopic (exact) mass is 473 g/mol. The molecule has 3 fully saturated rings. The predicted molar refractivity (Wildman–Crippen MR) is 123 cm³/mol. The molecule has 3 atom stereocenters. The topological polar surface area (TPSA) is 108 Å². The molecule has 3 heterocycles. The molecule has 1 aliphatic carbocycles. The van der Waals surface area contributed by atoms with Gasteiger partial charge in [-0.05, 0) is 38.2 Å². The van der Waals surface area contributed by atoms with Gasteiger partial charge in [0.25, 0.3) is 16.1 Å².